The van der Waals surface area contributed by atoms with Crippen molar-refractivity contribution in [3.63, 3.8) is 0 Å². The Morgan fingerprint density at radius 2 is 0.647 bits per heavy atom. The molecule has 6 nitrogen and oxygen atoms in total. The molecule has 0 aromatic rings. The number of carbonyl (C=O) groups is 3. The molecule has 0 bridgehead atoms. The zero-order chi connectivity index (χ0) is 49.3. The van der Waals surface area contributed by atoms with Crippen molar-refractivity contribution in [2.45, 2.75) is 226 Å². The van der Waals surface area contributed by atoms with Crippen molar-refractivity contribution in [2.24, 2.45) is 0 Å². The first-order chi connectivity index (χ1) is 33.5. The lowest BCUT2D eigenvalue weighted by Gasteiger charge is -2.18. The molecule has 0 aromatic heterocycles. The summed E-state index contributed by atoms with van der Waals surface area (Å²) in [6, 6.07) is 0. The first-order valence-corrected chi connectivity index (χ1v) is 27.3. The number of allylic oxidation sites excluding steroid dienone is 22. The van der Waals surface area contributed by atoms with Crippen molar-refractivity contribution >= 4 is 17.9 Å². The van der Waals surface area contributed by atoms with Gasteiger partial charge >= 0.3 is 17.9 Å². The van der Waals surface area contributed by atoms with E-state index >= 15 is 0 Å². The molecule has 0 N–H and O–H groups in total. The van der Waals surface area contributed by atoms with Crippen LogP contribution in [0.5, 0.6) is 0 Å². The lowest BCUT2D eigenvalue weighted by atomic mass is 10.0. The molecule has 0 saturated carbocycles. The summed E-state index contributed by atoms with van der Waals surface area (Å²) in [6.07, 6.45) is 77.2. The van der Waals surface area contributed by atoms with E-state index in [4.69, 9.17) is 14.2 Å². The van der Waals surface area contributed by atoms with Crippen LogP contribution in [-0.4, -0.2) is 37.2 Å². The van der Waals surface area contributed by atoms with Crippen molar-refractivity contribution in [1.29, 1.82) is 0 Å². The summed E-state index contributed by atoms with van der Waals surface area (Å²) in [4.78, 5) is 38.1. The van der Waals surface area contributed by atoms with Crippen LogP contribution in [0.15, 0.2) is 134 Å². The minimum atomic E-state index is -0.819. The summed E-state index contributed by atoms with van der Waals surface area (Å²) in [5.74, 6) is -0.992. The lowest BCUT2D eigenvalue weighted by Crippen LogP contribution is -2.30. The molecule has 0 radical (unpaired) electrons. The summed E-state index contributed by atoms with van der Waals surface area (Å²) < 4.78 is 16.8. The maximum atomic E-state index is 12.8. The maximum absolute atomic E-state index is 12.8. The van der Waals surface area contributed by atoms with Crippen LogP contribution < -0.4 is 0 Å². The van der Waals surface area contributed by atoms with Crippen molar-refractivity contribution in [3.8, 4) is 0 Å². The van der Waals surface area contributed by atoms with Crippen LogP contribution in [0.3, 0.4) is 0 Å². The van der Waals surface area contributed by atoms with Crippen LogP contribution in [0.2, 0.25) is 0 Å². The smallest absolute Gasteiger partial charge is 0.306 e. The van der Waals surface area contributed by atoms with E-state index in [9.17, 15) is 14.4 Å². The molecule has 1 atom stereocenters. The van der Waals surface area contributed by atoms with E-state index in [1.54, 1.807) is 0 Å². The third-order valence-corrected chi connectivity index (χ3v) is 11.1. The third-order valence-electron chi connectivity index (χ3n) is 11.1. The van der Waals surface area contributed by atoms with Crippen LogP contribution >= 0.6 is 0 Å². The molecular weight excluding hydrogens is 841 g/mol. The first-order valence-electron chi connectivity index (χ1n) is 27.3. The van der Waals surface area contributed by atoms with Gasteiger partial charge in [0.2, 0.25) is 0 Å². The van der Waals surface area contributed by atoms with Crippen molar-refractivity contribution in [2.75, 3.05) is 13.2 Å². The van der Waals surface area contributed by atoms with Crippen LogP contribution in [0, 0.1) is 0 Å². The maximum Gasteiger partial charge on any atom is 0.306 e. The number of hydrogen-bond acceptors (Lipinski definition) is 6. The van der Waals surface area contributed by atoms with Gasteiger partial charge in [0, 0.05) is 19.3 Å². The fourth-order valence-corrected chi connectivity index (χ4v) is 7.03. The normalized spacial score (nSPS) is 13.2. The van der Waals surface area contributed by atoms with E-state index in [0.29, 0.717) is 19.3 Å². The number of esters is 3. The largest absolute Gasteiger partial charge is 0.462 e. The number of ether oxygens (including phenoxy) is 3. The average molecular weight is 939 g/mol. The number of rotatable bonds is 47. The summed E-state index contributed by atoms with van der Waals surface area (Å²) in [7, 11) is 0. The van der Waals surface area contributed by atoms with Crippen molar-refractivity contribution in [3.05, 3.63) is 134 Å². The van der Waals surface area contributed by atoms with Gasteiger partial charge in [0.15, 0.2) is 6.10 Å². The summed E-state index contributed by atoms with van der Waals surface area (Å²) >= 11 is 0. The minimum absolute atomic E-state index is 0.110. The van der Waals surface area contributed by atoms with Gasteiger partial charge in [-0.05, 0) is 83.5 Å². The molecule has 6 heteroatoms. The van der Waals surface area contributed by atoms with Crippen molar-refractivity contribution < 1.29 is 28.6 Å². The first kappa shape index (κ1) is 63.6. The van der Waals surface area contributed by atoms with Crippen LogP contribution in [0.4, 0.5) is 0 Å². The monoisotopic (exact) mass is 939 g/mol. The average Bonchev–Trinajstić information content (AvgIpc) is 3.34. The van der Waals surface area contributed by atoms with E-state index in [2.05, 4.69) is 93.7 Å². The summed E-state index contributed by atoms with van der Waals surface area (Å²) in [5, 5.41) is 0. The number of carbonyl (C=O) groups excluding carboxylic acids is 3. The van der Waals surface area contributed by atoms with Gasteiger partial charge in [-0.1, -0.05) is 251 Å². The molecule has 0 saturated heterocycles. The van der Waals surface area contributed by atoms with Crippen LogP contribution in [0.1, 0.15) is 220 Å². The SMILES string of the molecule is CC\C=C/C=C\C=C/C=C\C=C\C=C/CCCCCC(=O)OC(COC(=O)CCCCC/C=C\C/C=C\C/C=C\C/C=C\C/C=C\CC)COC(=O)CCCCCCCCCCCCCCCC. The summed E-state index contributed by atoms with van der Waals surface area (Å²) in [5.41, 5.74) is 0. The predicted octanol–water partition coefficient (Wildman–Crippen LogP) is 18.3. The highest BCUT2D eigenvalue weighted by atomic mass is 16.6. The Morgan fingerprint density at radius 3 is 1.07 bits per heavy atom. The molecule has 382 valence electrons. The van der Waals surface area contributed by atoms with Gasteiger partial charge in [0.25, 0.3) is 0 Å². The van der Waals surface area contributed by atoms with E-state index < -0.39 is 6.10 Å². The standard InChI is InChI=1S/C62H98O6/c1-4-7-10-13-16-19-22-25-28-30-31-33-34-37-40-43-46-49-52-55-61(64)67-58-59(57-66-60(63)54-51-48-45-42-39-36-27-24-21-18-15-12-9-6-3)68-62(65)56-53-50-47-44-41-38-35-32-29-26-23-20-17-14-11-8-5-2/h7-8,10-11,14,16-17,19-20,23,25-26,28-29,31-33,35,37-38,40-41,59H,4-6,9,12-13,15,18,21-22,24,27,30,34,36,39,42-58H2,1-3H3/b10-7-,11-8-,17-14-,19-16-,23-20-,28-25-,29-26-,33-31-,35-32+,40-37-,41-38-. The Balaban J connectivity index is 4.56. The fourth-order valence-electron chi connectivity index (χ4n) is 7.03. The molecule has 0 heterocycles. The molecular formula is C62H98O6. The number of hydrogen-bond donors (Lipinski definition) is 0. The van der Waals surface area contributed by atoms with Crippen LogP contribution in [0.25, 0.3) is 0 Å². The third kappa shape index (κ3) is 52.5. The van der Waals surface area contributed by atoms with Gasteiger partial charge in [-0.25, -0.2) is 0 Å². The van der Waals surface area contributed by atoms with Crippen LogP contribution in [-0.2, 0) is 28.6 Å². The second-order valence-electron chi connectivity index (χ2n) is 17.5. The quantitative estimate of drug-likeness (QED) is 0.0199. The Morgan fingerprint density at radius 1 is 0.324 bits per heavy atom. The highest BCUT2D eigenvalue weighted by Gasteiger charge is 2.19. The highest BCUT2D eigenvalue weighted by molar-refractivity contribution is 5.71. The molecule has 0 amide bonds. The van der Waals surface area contributed by atoms with E-state index in [1.165, 1.54) is 70.6 Å². The van der Waals surface area contributed by atoms with Gasteiger partial charge < -0.3 is 14.2 Å². The topological polar surface area (TPSA) is 78.9 Å². The lowest BCUT2D eigenvalue weighted by molar-refractivity contribution is -0.167. The number of unbranched alkanes of at least 4 members (excludes halogenated alkanes) is 19. The second-order valence-corrected chi connectivity index (χ2v) is 17.5. The van der Waals surface area contributed by atoms with E-state index in [0.717, 1.165) is 103 Å². The molecule has 0 fully saturated rings. The van der Waals surface area contributed by atoms with Gasteiger partial charge in [0.1, 0.15) is 13.2 Å². The Bertz CT molecular complexity index is 1500. The predicted molar refractivity (Wildman–Crippen MR) is 292 cm³/mol. The highest BCUT2D eigenvalue weighted by Crippen LogP contribution is 2.14. The minimum Gasteiger partial charge on any atom is -0.462 e. The van der Waals surface area contributed by atoms with Gasteiger partial charge in [0.05, 0.1) is 0 Å². The second kappa shape index (κ2) is 55.1. The fraction of sp³-hybridized carbons (Fsp3) is 0.597. The van der Waals surface area contributed by atoms with Gasteiger partial charge in [-0.3, -0.25) is 14.4 Å². The Labute approximate surface area is 417 Å². The Kier molecular flexibility index (Phi) is 51.5. The zero-order valence-electron chi connectivity index (χ0n) is 43.6. The Hall–Kier alpha value is -4.45. The summed E-state index contributed by atoms with van der Waals surface area (Å²) in [6.45, 7) is 6.30. The van der Waals surface area contributed by atoms with E-state index in [-0.39, 0.29) is 37.5 Å². The molecule has 0 aliphatic heterocycles. The molecule has 0 aliphatic carbocycles. The molecule has 0 aliphatic rings. The van der Waals surface area contributed by atoms with Gasteiger partial charge in [-0.15, -0.1) is 0 Å². The zero-order valence-corrected chi connectivity index (χ0v) is 43.6. The van der Waals surface area contributed by atoms with E-state index in [1.807, 2.05) is 60.8 Å². The molecule has 0 aromatic carbocycles. The van der Waals surface area contributed by atoms with Gasteiger partial charge in [-0.2, -0.15) is 0 Å². The molecule has 1 unspecified atom stereocenters. The molecule has 0 rings (SSSR count). The molecule has 68 heavy (non-hydrogen) atoms. The van der Waals surface area contributed by atoms with Crippen molar-refractivity contribution in [1.82, 2.24) is 0 Å². The molecule has 0 spiro atoms.